The van der Waals surface area contributed by atoms with Gasteiger partial charge in [-0.3, -0.25) is 4.99 Å². The molecule has 0 saturated carbocycles. The minimum Gasteiger partial charge on any atom is -0.278 e. The van der Waals surface area contributed by atoms with E-state index < -0.39 is 0 Å². The van der Waals surface area contributed by atoms with Crippen molar-refractivity contribution in [1.82, 2.24) is 0 Å². The normalized spacial score (nSPS) is 16.7. The number of hydrogen-bond acceptors (Lipinski definition) is 1. The van der Waals surface area contributed by atoms with Crippen molar-refractivity contribution in [1.29, 1.82) is 0 Å². The van der Waals surface area contributed by atoms with Gasteiger partial charge in [-0.05, 0) is 43.9 Å². The predicted molar refractivity (Wildman–Crippen MR) is 64.1 cm³/mol. The third-order valence-electron chi connectivity index (χ3n) is 2.76. The predicted octanol–water partition coefficient (Wildman–Crippen LogP) is 1.46. The second-order valence-electron chi connectivity index (χ2n) is 4.21. The highest BCUT2D eigenvalue weighted by Gasteiger charge is 2.10. The Labute approximate surface area is 91.4 Å². The Kier molecular flexibility index (Phi) is 3.38. The number of hydrogen-bond donors (Lipinski definition) is 2. The largest absolute Gasteiger partial charge is 0.278 e. The van der Waals surface area contributed by atoms with Gasteiger partial charge in [-0.2, -0.15) is 0 Å². The monoisotopic (exact) mass is 203 g/mol. The topological polar surface area (TPSA) is 26.0 Å². The van der Waals surface area contributed by atoms with E-state index in [4.69, 9.17) is 0 Å². The van der Waals surface area contributed by atoms with Gasteiger partial charge in [0.2, 0.25) is 5.84 Å². The molecule has 15 heavy (non-hydrogen) atoms. The SMILES string of the molecule is Cc1cccc(NC2=[NH+]CCCCC2)c1. The van der Waals surface area contributed by atoms with Crippen molar-refractivity contribution < 1.29 is 4.99 Å². The zero-order valence-electron chi connectivity index (χ0n) is 9.34. The van der Waals surface area contributed by atoms with Crippen LogP contribution in [0, 0.1) is 6.92 Å². The van der Waals surface area contributed by atoms with Gasteiger partial charge < -0.3 is 0 Å². The fourth-order valence-corrected chi connectivity index (χ4v) is 1.93. The van der Waals surface area contributed by atoms with E-state index in [1.807, 2.05) is 0 Å². The van der Waals surface area contributed by atoms with Crippen LogP contribution in [0.3, 0.4) is 0 Å². The Morgan fingerprint density at radius 2 is 2.13 bits per heavy atom. The van der Waals surface area contributed by atoms with Gasteiger partial charge in [-0.15, -0.1) is 0 Å². The minimum atomic E-state index is 1.11. The second-order valence-corrected chi connectivity index (χ2v) is 4.21. The summed E-state index contributed by atoms with van der Waals surface area (Å²) >= 11 is 0. The van der Waals surface area contributed by atoms with Gasteiger partial charge in [0.25, 0.3) is 0 Å². The molecular formula is C13H19N2+. The molecule has 2 N–H and O–H groups in total. The molecule has 0 aliphatic carbocycles. The van der Waals surface area contributed by atoms with Gasteiger partial charge in [0, 0.05) is 6.42 Å². The molecule has 0 fully saturated rings. The van der Waals surface area contributed by atoms with Crippen molar-refractivity contribution in [3.63, 3.8) is 0 Å². The minimum absolute atomic E-state index is 1.11. The van der Waals surface area contributed by atoms with Gasteiger partial charge in [0.1, 0.15) is 5.69 Å². The molecule has 0 atom stereocenters. The van der Waals surface area contributed by atoms with Crippen molar-refractivity contribution in [3.8, 4) is 0 Å². The van der Waals surface area contributed by atoms with Crippen molar-refractivity contribution in [2.45, 2.75) is 32.6 Å². The quantitative estimate of drug-likeness (QED) is 0.710. The summed E-state index contributed by atoms with van der Waals surface area (Å²) in [5.41, 5.74) is 2.49. The van der Waals surface area contributed by atoms with Crippen molar-refractivity contribution in [3.05, 3.63) is 29.8 Å². The van der Waals surface area contributed by atoms with Crippen LogP contribution in [0.25, 0.3) is 0 Å². The van der Waals surface area contributed by atoms with Gasteiger partial charge in [0.15, 0.2) is 0 Å². The summed E-state index contributed by atoms with van der Waals surface area (Å²) in [7, 11) is 0. The first-order valence-electron chi connectivity index (χ1n) is 5.78. The van der Waals surface area contributed by atoms with Gasteiger partial charge in [-0.1, -0.05) is 12.1 Å². The molecule has 0 unspecified atom stereocenters. The Hall–Kier alpha value is -1.31. The summed E-state index contributed by atoms with van der Waals surface area (Å²) < 4.78 is 0. The molecule has 1 aromatic rings. The van der Waals surface area contributed by atoms with E-state index >= 15 is 0 Å². The van der Waals surface area contributed by atoms with E-state index in [0.29, 0.717) is 0 Å². The second kappa shape index (κ2) is 4.96. The first-order chi connectivity index (χ1) is 7.34. The molecule has 0 amide bonds. The molecule has 0 saturated heterocycles. The Morgan fingerprint density at radius 3 is 3.00 bits per heavy atom. The highest BCUT2D eigenvalue weighted by Crippen LogP contribution is 2.10. The summed E-state index contributed by atoms with van der Waals surface area (Å²) in [4.78, 5) is 3.46. The lowest BCUT2D eigenvalue weighted by atomic mass is 10.2. The van der Waals surface area contributed by atoms with Crippen LogP contribution in [-0.2, 0) is 0 Å². The van der Waals surface area contributed by atoms with Crippen LogP contribution in [0.2, 0.25) is 0 Å². The van der Waals surface area contributed by atoms with Gasteiger partial charge in [0.05, 0.1) is 6.54 Å². The van der Waals surface area contributed by atoms with Crippen LogP contribution in [-0.4, -0.2) is 12.4 Å². The molecule has 1 aromatic carbocycles. The molecule has 2 nitrogen and oxygen atoms in total. The Balaban J connectivity index is 2.04. The van der Waals surface area contributed by atoms with Crippen LogP contribution in [0.4, 0.5) is 5.69 Å². The van der Waals surface area contributed by atoms with E-state index in [2.05, 4.69) is 41.5 Å². The number of nitrogens with one attached hydrogen (secondary N) is 2. The average molecular weight is 203 g/mol. The fourth-order valence-electron chi connectivity index (χ4n) is 1.93. The molecule has 80 valence electrons. The summed E-state index contributed by atoms with van der Waals surface area (Å²) in [6.45, 7) is 3.23. The lowest BCUT2D eigenvalue weighted by Crippen LogP contribution is -2.74. The molecule has 0 radical (unpaired) electrons. The fraction of sp³-hybridized carbons (Fsp3) is 0.462. The maximum absolute atomic E-state index is 3.47. The number of anilines is 1. The average Bonchev–Trinajstić information content (AvgIpc) is 2.46. The zero-order chi connectivity index (χ0) is 10.5. The van der Waals surface area contributed by atoms with Crippen LogP contribution in [0.5, 0.6) is 0 Å². The first-order valence-corrected chi connectivity index (χ1v) is 5.78. The van der Waals surface area contributed by atoms with Crippen LogP contribution in [0.15, 0.2) is 24.3 Å². The number of aryl methyl sites for hydroxylation is 1. The molecule has 1 aliphatic rings. The number of amidine groups is 1. The lowest BCUT2D eigenvalue weighted by Gasteiger charge is -2.01. The van der Waals surface area contributed by atoms with E-state index in [0.717, 1.165) is 13.0 Å². The smallest absolute Gasteiger partial charge is 0.247 e. The van der Waals surface area contributed by atoms with E-state index in [-0.39, 0.29) is 0 Å². The van der Waals surface area contributed by atoms with E-state index in [1.165, 1.54) is 36.3 Å². The highest BCUT2D eigenvalue weighted by atomic mass is 15.0. The molecular weight excluding hydrogens is 184 g/mol. The third kappa shape index (κ3) is 3.08. The standard InChI is InChI=1S/C13H18N2/c1-11-6-5-7-12(10-11)15-13-8-3-2-4-9-14-13/h5-7,10H,2-4,8-9H2,1H3,(H,14,15)/p+1. The molecule has 0 aromatic heterocycles. The molecule has 2 heteroatoms. The highest BCUT2D eigenvalue weighted by molar-refractivity contribution is 5.91. The third-order valence-corrected chi connectivity index (χ3v) is 2.76. The van der Waals surface area contributed by atoms with E-state index in [9.17, 15) is 0 Å². The van der Waals surface area contributed by atoms with Gasteiger partial charge in [-0.25, -0.2) is 5.32 Å². The zero-order valence-corrected chi connectivity index (χ0v) is 9.34. The maximum Gasteiger partial charge on any atom is 0.247 e. The number of benzene rings is 1. The molecule has 2 rings (SSSR count). The Morgan fingerprint density at radius 1 is 1.20 bits per heavy atom. The summed E-state index contributed by atoms with van der Waals surface area (Å²) in [5, 5.41) is 3.47. The molecule has 0 spiro atoms. The summed E-state index contributed by atoms with van der Waals surface area (Å²) in [6.07, 6.45) is 5.07. The number of rotatable bonds is 1. The van der Waals surface area contributed by atoms with Crippen molar-refractivity contribution in [2.24, 2.45) is 0 Å². The molecule has 1 heterocycles. The summed E-state index contributed by atoms with van der Waals surface area (Å²) in [5.74, 6) is 1.28. The van der Waals surface area contributed by atoms with Crippen LogP contribution >= 0.6 is 0 Å². The molecule has 0 bridgehead atoms. The van der Waals surface area contributed by atoms with Crippen molar-refractivity contribution >= 4 is 11.5 Å². The van der Waals surface area contributed by atoms with E-state index in [1.54, 1.807) is 0 Å². The first kappa shape index (κ1) is 10.2. The van der Waals surface area contributed by atoms with Crippen LogP contribution in [0.1, 0.15) is 31.2 Å². The van der Waals surface area contributed by atoms with Crippen molar-refractivity contribution in [2.75, 3.05) is 11.9 Å². The lowest BCUT2D eigenvalue weighted by molar-refractivity contribution is -0.457. The van der Waals surface area contributed by atoms with Gasteiger partial charge >= 0.3 is 0 Å². The summed E-state index contributed by atoms with van der Waals surface area (Å²) in [6, 6.07) is 8.51. The molecule has 1 aliphatic heterocycles. The maximum atomic E-state index is 3.47. The Bertz CT molecular complexity index is 355. The van der Waals surface area contributed by atoms with Crippen LogP contribution < -0.4 is 10.3 Å².